The molecule has 2 aromatic carbocycles. The van der Waals surface area contributed by atoms with E-state index in [0.29, 0.717) is 10.6 Å². The Hall–Kier alpha value is -2.59. The molecule has 0 spiro atoms. The van der Waals surface area contributed by atoms with Crippen molar-refractivity contribution in [3.8, 4) is 5.69 Å². The topological polar surface area (TPSA) is 54.9 Å². The molecule has 1 aromatic heterocycles. The summed E-state index contributed by atoms with van der Waals surface area (Å²) in [6, 6.07) is 15.9. The van der Waals surface area contributed by atoms with E-state index in [4.69, 9.17) is 11.6 Å². The maximum Gasteiger partial charge on any atom is 0.275 e. The Morgan fingerprint density at radius 3 is 2.33 bits per heavy atom. The number of hydrogen-bond donors (Lipinski definition) is 1. The number of aromatic amines is 1. The fourth-order valence-corrected chi connectivity index (χ4v) is 2.29. The lowest BCUT2D eigenvalue weighted by Crippen LogP contribution is -2.13. The van der Waals surface area contributed by atoms with Crippen LogP contribution in [0.15, 0.2) is 65.6 Å². The predicted molar refractivity (Wildman–Crippen MR) is 81.3 cm³/mol. The van der Waals surface area contributed by atoms with Gasteiger partial charge in [-0.25, -0.2) is 0 Å². The van der Waals surface area contributed by atoms with E-state index in [1.165, 1.54) is 10.9 Å². The summed E-state index contributed by atoms with van der Waals surface area (Å²) in [5.41, 5.74) is 0.707. The molecule has 104 valence electrons. The summed E-state index contributed by atoms with van der Waals surface area (Å²) < 4.78 is 1.52. The molecule has 0 bridgehead atoms. The van der Waals surface area contributed by atoms with Crippen molar-refractivity contribution in [3.05, 3.63) is 87.3 Å². The average molecular weight is 299 g/mol. The third-order valence-corrected chi connectivity index (χ3v) is 3.45. The first-order valence-electron chi connectivity index (χ1n) is 6.33. The summed E-state index contributed by atoms with van der Waals surface area (Å²) in [6.45, 7) is 0. The van der Waals surface area contributed by atoms with Crippen LogP contribution in [0.5, 0.6) is 0 Å². The van der Waals surface area contributed by atoms with Crippen LogP contribution in [0.3, 0.4) is 0 Å². The van der Waals surface area contributed by atoms with Gasteiger partial charge in [0.2, 0.25) is 5.78 Å². The molecule has 0 fully saturated rings. The van der Waals surface area contributed by atoms with Crippen molar-refractivity contribution >= 4 is 17.4 Å². The lowest BCUT2D eigenvalue weighted by atomic mass is 10.1. The molecule has 3 rings (SSSR count). The van der Waals surface area contributed by atoms with Crippen LogP contribution in [-0.4, -0.2) is 15.6 Å². The fraction of sp³-hybridized carbons (Fsp3) is 0. The maximum absolute atomic E-state index is 12.4. The molecule has 0 saturated heterocycles. The van der Waals surface area contributed by atoms with E-state index in [0.717, 1.165) is 5.69 Å². The van der Waals surface area contributed by atoms with Gasteiger partial charge in [0.15, 0.2) is 0 Å². The standard InChI is InChI=1S/C16H11ClN2O2/c17-14-9-5-4-8-12(14)15(20)13-10-19(18-16(13)21)11-6-2-1-3-7-11/h1-10H,(H,18,21). The normalized spacial score (nSPS) is 10.5. The van der Waals surface area contributed by atoms with Crippen molar-refractivity contribution in [2.24, 2.45) is 0 Å². The third kappa shape index (κ3) is 2.53. The van der Waals surface area contributed by atoms with E-state index in [1.807, 2.05) is 30.3 Å². The first-order chi connectivity index (χ1) is 10.2. The van der Waals surface area contributed by atoms with E-state index < -0.39 is 11.3 Å². The second-order valence-corrected chi connectivity index (χ2v) is 4.91. The molecule has 0 unspecified atom stereocenters. The molecule has 0 aliphatic carbocycles. The Bertz CT molecular complexity index is 850. The van der Waals surface area contributed by atoms with E-state index in [2.05, 4.69) is 5.10 Å². The number of benzene rings is 2. The molecule has 4 nitrogen and oxygen atoms in total. The SMILES string of the molecule is O=C(c1ccccc1Cl)c1cn(-c2ccccc2)[nH]c1=O. The van der Waals surface area contributed by atoms with E-state index >= 15 is 0 Å². The Morgan fingerprint density at radius 2 is 1.62 bits per heavy atom. The Balaban J connectivity index is 2.05. The molecule has 21 heavy (non-hydrogen) atoms. The molecule has 1 N–H and O–H groups in total. The Morgan fingerprint density at radius 1 is 0.952 bits per heavy atom. The summed E-state index contributed by atoms with van der Waals surface area (Å²) in [7, 11) is 0. The number of para-hydroxylation sites is 1. The monoisotopic (exact) mass is 298 g/mol. The summed E-state index contributed by atoms with van der Waals surface area (Å²) >= 11 is 6.01. The third-order valence-electron chi connectivity index (χ3n) is 3.12. The van der Waals surface area contributed by atoms with E-state index in [9.17, 15) is 9.59 Å². The molecule has 3 aromatic rings. The van der Waals surface area contributed by atoms with Crippen LogP contribution in [0, 0.1) is 0 Å². The summed E-state index contributed by atoms with van der Waals surface area (Å²) in [6.07, 6.45) is 1.49. The molecule has 0 atom stereocenters. The zero-order valence-electron chi connectivity index (χ0n) is 10.9. The fourth-order valence-electron chi connectivity index (χ4n) is 2.07. The molecular weight excluding hydrogens is 288 g/mol. The summed E-state index contributed by atoms with van der Waals surface area (Å²) in [5.74, 6) is -0.392. The van der Waals surface area contributed by atoms with Gasteiger partial charge in [0.1, 0.15) is 5.56 Å². The zero-order chi connectivity index (χ0) is 14.8. The molecule has 0 saturated carbocycles. The molecule has 5 heteroatoms. The Labute approximate surface area is 125 Å². The van der Waals surface area contributed by atoms with Gasteiger partial charge in [-0.2, -0.15) is 0 Å². The lowest BCUT2D eigenvalue weighted by molar-refractivity contribution is 0.103. The molecule has 0 aliphatic rings. The van der Waals surface area contributed by atoms with Gasteiger partial charge in [-0.05, 0) is 24.3 Å². The van der Waals surface area contributed by atoms with E-state index in [1.54, 1.807) is 24.3 Å². The minimum absolute atomic E-state index is 0.0620. The number of H-pyrrole nitrogens is 1. The highest BCUT2D eigenvalue weighted by Gasteiger charge is 2.18. The van der Waals surface area contributed by atoms with Gasteiger partial charge in [-0.1, -0.05) is 41.9 Å². The smallest absolute Gasteiger partial charge is 0.275 e. The first kappa shape index (κ1) is 13.4. The molecule has 0 radical (unpaired) electrons. The Kier molecular flexibility index (Phi) is 3.46. The summed E-state index contributed by atoms with van der Waals surface area (Å²) in [5, 5.41) is 2.96. The predicted octanol–water partition coefficient (Wildman–Crippen LogP) is 3.05. The first-order valence-corrected chi connectivity index (χ1v) is 6.71. The van der Waals surface area contributed by atoms with Gasteiger partial charge in [-0.3, -0.25) is 19.4 Å². The highest BCUT2D eigenvalue weighted by molar-refractivity contribution is 6.34. The van der Waals surface area contributed by atoms with Crippen molar-refractivity contribution in [1.29, 1.82) is 0 Å². The number of nitrogens with one attached hydrogen (secondary N) is 1. The number of halogens is 1. The van der Waals surface area contributed by atoms with Crippen LogP contribution < -0.4 is 5.56 Å². The van der Waals surface area contributed by atoms with Crippen LogP contribution in [-0.2, 0) is 0 Å². The van der Waals surface area contributed by atoms with E-state index in [-0.39, 0.29) is 5.56 Å². The van der Waals surface area contributed by atoms with Crippen molar-refractivity contribution in [1.82, 2.24) is 9.78 Å². The second kappa shape index (κ2) is 5.42. The quantitative estimate of drug-likeness (QED) is 0.756. The molecule has 1 heterocycles. The number of ketones is 1. The highest BCUT2D eigenvalue weighted by atomic mass is 35.5. The highest BCUT2D eigenvalue weighted by Crippen LogP contribution is 2.18. The largest absolute Gasteiger partial charge is 0.288 e. The summed E-state index contributed by atoms with van der Waals surface area (Å²) in [4.78, 5) is 24.4. The minimum Gasteiger partial charge on any atom is -0.288 e. The van der Waals surface area contributed by atoms with Gasteiger partial charge in [0, 0.05) is 11.8 Å². The van der Waals surface area contributed by atoms with Gasteiger partial charge in [0.05, 0.1) is 10.7 Å². The molecular formula is C16H11ClN2O2. The van der Waals surface area contributed by atoms with Crippen LogP contribution in [0.2, 0.25) is 5.02 Å². The van der Waals surface area contributed by atoms with Crippen molar-refractivity contribution < 1.29 is 4.79 Å². The van der Waals surface area contributed by atoms with Crippen LogP contribution in [0.4, 0.5) is 0 Å². The number of carbonyl (C=O) groups excluding carboxylic acids is 1. The number of hydrogen-bond acceptors (Lipinski definition) is 2. The average Bonchev–Trinajstić information content (AvgIpc) is 2.90. The molecule has 0 amide bonds. The van der Waals surface area contributed by atoms with Crippen molar-refractivity contribution in [3.63, 3.8) is 0 Å². The lowest BCUT2D eigenvalue weighted by Gasteiger charge is -2.01. The van der Waals surface area contributed by atoms with Gasteiger partial charge in [0.25, 0.3) is 5.56 Å². The van der Waals surface area contributed by atoms with Crippen molar-refractivity contribution in [2.45, 2.75) is 0 Å². The number of nitrogens with zero attached hydrogens (tertiary/aromatic N) is 1. The number of rotatable bonds is 3. The van der Waals surface area contributed by atoms with Crippen molar-refractivity contribution in [2.75, 3.05) is 0 Å². The van der Waals surface area contributed by atoms with Crippen LogP contribution in [0.1, 0.15) is 15.9 Å². The second-order valence-electron chi connectivity index (χ2n) is 4.50. The number of carbonyl (C=O) groups is 1. The van der Waals surface area contributed by atoms with Gasteiger partial charge >= 0.3 is 0 Å². The molecule has 0 aliphatic heterocycles. The van der Waals surface area contributed by atoms with Crippen LogP contribution in [0.25, 0.3) is 5.69 Å². The number of aromatic nitrogens is 2. The zero-order valence-corrected chi connectivity index (χ0v) is 11.7. The minimum atomic E-state index is -0.441. The van der Waals surface area contributed by atoms with Gasteiger partial charge < -0.3 is 0 Å². The van der Waals surface area contributed by atoms with Gasteiger partial charge in [-0.15, -0.1) is 0 Å². The maximum atomic E-state index is 12.4. The van der Waals surface area contributed by atoms with Crippen LogP contribution >= 0.6 is 11.6 Å².